The summed E-state index contributed by atoms with van der Waals surface area (Å²) in [5.41, 5.74) is 3.58. The number of rotatable bonds is 8. The van der Waals surface area contributed by atoms with Gasteiger partial charge >= 0.3 is 5.97 Å². The highest BCUT2D eigenvalue weighted by atomic mass is 35.5. The second-order valence-electron chi connectivity index (χ2n) is 8.34. The summed E-state index contributed by atoms with van der Waals surface area (Å²) in [6.07, 6.45) is 3.03. The molecule has 0 saturated carbocycles. The minimum absolute atomic E-state index is 0.152. The number of aromatic nitrogens is 3. The molecule has 192 valence electrons. The van der Waals surface area contributed by atoms with Gasteiger partial charge < -0.3 is 19.2 Å². The molecule has 1 N–H and O–H groups in total. The van der Waals surface area contributed by atoms with E-state index in [1.54, 1.807) is 60.1 Å². The first-order valence-corrected chi connectivity index (χ1v) is 12.2. The summed E-state index contributed by atoms with van der Waals surface area (Å²) in [5.74, 6) is 0.423. The maximum absolute atomic E-state index is 12.8. The number of halogens is 1. The largest absolute Gasteiger partial charge is 0.486 e. The number of hydrogen-bond acceptors (Lipinski definition) is 7. The molecule has 0 saturated heterocycles. The predicted molar refractivity (Wildman–Crippen MR) is 142 cm³/mol. The number of nitrogens with one attached hydrogen (secondary N) is 1. The molecule has 0 atom stereocenters. The lowest BCUT2D eigenvalue weighted by Gasteiger charge is -2.08. The molecular weight excluding hydrogens is 508 g/mol. The van der Waals surface area contributed by atoms with Crippen LogP contribution in [-0.2, 0) is 11.3 Å². The predicted octanol–water partition coefficient (Wildman–Crippen LogP) is 5.96. The van der Waals surface area contributed by atoms with E-state index in [1.165, 1.54) is 6.20 Å². The lowest BCUT2D eigenvalue weighted by molar-refractivity contribution is 0.0528. The Kier molecular flexibility index (Phi) is 7.10. The number of furan rings is 1. The van der Waals surface area contributed by atoms with Crippen LogP contribution in [0.4, 0.5) is 5.69 Å². The number of esters is 1. The quantitative estimate of drug-likeness (QED) is 0.247. The van der Waals surface area contributed by atoms with Gasteiger partial charge in [-0.15, -0.1) is 0 Å². The van der Waals surface area contributed by atoms with Crippen molar-refractivity contribution in [2.45, 2.75) is 20.5 Å². The molecule has 0 spiro atoms. The Hall–Kier alpha value is -4.63. The van der Waals surface area contributed by atoms with Gasteiger partial charge in [0.25, 0.3) is 5.91 Å². The average molecular weight is 531 g/mol. The molecule has 38 heavy (non-hydrogen) atoms. The van der Waals surface area contributed by atoms with Crippen LogP contribution in [0.15, 0.2) is 77.5 Å². The normalized spacial score (nSPS) is 10.9. The Morgan fingerprint density at radius 3 is 2.79 bits per heavy atom. The lowest BCUT2D eigenvalue weighted by Crippen LogP contribution is -2.11. The molecule has 0 radical (unpaired) electrons. The Morgan fingerprint density at radius 2 is 1.97 bits per heavy atom. The standard InChI is InChI=1S/C28H23ClN4O5/c1-3-36-28(35)22-15-31-33-24(11-12-30-26(22)33)18-5-4-6-19(14-18)32-27(34)25-10-8-21(38-25)16-37-20-7-9-23(29)17(2)13-20/h4-15H,3,16H2,1-2H3,(H,32,34). The summed E-state index contributed by atoms with van der Waals surface area (Å²) in [6.45, 7) is 4.05. The topological polar surface area (TPSA) is 108 Å². The van der Waals surface area contributed by atoms with Gasteiger partial charge in [-0.25, -0.2) is 14.3 Å². The van der Waals surface area contributed by atoms with Gasteiger partial charge in [-0.2, -0.15) is 5.10 Å². The molecule has 0 aliphatic rings. The molecule has 5 aromatic rings. The van der Waals surface area contributed by atoms with Crippen LogP contribution in [0.2, 0.25) is 5.02 Å². The lowest BCUT2D eigenvalue weighted by atomic mass is 10.1. The number of ether oxygens (including phenoxy) is 2. The fourth-order valence-corrected chi connectivity index (χ4v) is 3.97. The number of hydrogen-bond donors (Lipinski definition) is 1. The number of nitrogens with zero attached hydrogens (tertiary/aromatic N) is 3. The second kappa shape index (κ2) is 10.8. The van der Waals surface area contributed by atoms with Crippen molar-refractivity contribution in [2.24, 2.45) is 0 Å². The number of anilines is 1. The number of amides is 1. The maximum atomic E-state index is 12.8. The Labute approximate surface area is 223 Å². The molecule has 0 aliphatic heterocycles. The van der Waals surface area contributed by atoms with Crippen molar-refractivity contribution in [3.05, 3.63) is 101 Å². The van der Waals surface area contributed by atoms with Gasteiger partial charge in [0, 0.05) is 22.5 Å². The molecule has 10 heteroatoms. The highest BCUT2D eigenvalue weighted by Gasteiger charge is 2.18. The Balaban J connectivity index is 1.30. The van der Waals surface area contributed by atoms with E-state index in [4.69, 9.17) is 25.5 Å². The van der Waals surface area contributed by atoms with Crippen molar-refractivity contribution < 1.29 is 23.5 Å². The number of aryl methyl sites for hydroxylation is 1. The summed E-state index contributed by atoms with van der Waals surface area (Å²) >= 11 is 6.05. The van der Waals surface area contributed by atoms with E-state index >= 15 is 0 Å². The highest BCUT2D eigenvalue weighted by molar-refractivity contribution is 6.31. The van der Waals surface area contributed by atoms with Crippen molar-refractivity contribution in [3.63, 3.8) is 0 Å². The third-order valence-corrected chi connectivity index (χ3v) is 6.13. The third kappa shape index (κ3) is 5.23. The van der Waals surface area contributed by atoms with Crippen molar-refractivity contribution >= 4 is 34.8 Å². The first-order valence-electron chi connectivity index (χ1n) is 11.8. The molecular formula is C28H23ClN4O5. The van der Waals surface area contributed by atoms with E-state index in [0.29, 0.717) is 33.6 Å². The SMILES string of the molecule is CCOC(=O)c1cnn2c(-c3cccc(NC(=O)c4ccc(COc5ccc(Cl)c(C)c5)o4)c3)ccnc12. The number of carbonyl (C=O) groups excluding carboxylic acids is 2. The molecule has 0 bridgehead atoms. The van der Waals surface area contributed by atoms with Crippen molar-refractivity contribution in [1.29, 1.82) is 0 Å². The van der Waals surface area contributed by atoms with E-state index in [0.717, 1.165) is 11.1 Å². The minimum atomic E-state index is -0.486. The van der Waals surface area contributed by atoms with Gasteiger partial charge in [-0.1, -0.05) is 23.7 Å². The molecule has 0 unspecified atom stereocenters. The summed E-state index contributed by atoms with van der Waals surface area (Å²) in [5, 5.41) is 7.83. The van der Waals surface area contributed by atoms with E-state index in [-0.39, 0.29) is 24.5 Å². The fraction of sp³-hybridized carbons (Fsp3) is 0.143. The average Bonchev–Trinajstić information content (AvgIpc) is 3.57. The Bertz CT molecular complexity index is 1640. The Morgan fingerprint density at radius 1 is 1.11 bits per heavy atom. The first kappa shape index (κ1) is 25.0. The zero-order valence-corrected chi connectivity index (χ0v) is 21.4. The van der Waals surface area contributed by atoms with Gasteiger partial charge in [-0.3, -0.25) is 4.79 Å². The summed E-state index contributed by atoms with van der Waals surface area (Å²) < 4.78 is 18.1. The van der Waals surface area contributed by atoms with Crippen LogP contribution in [0.3, 0.4) is 0 Å². The number of carbonyl (C=O) groups is 2. The maximum Gasteiger partial charge on any atom is 0.343 e. The van der Waals surface area contributed by atoms with Crippen molar-refractivity contribution in [3.8, 4) is 17.0 Å². The molecule has 3 heterocycles. The molecule has 0 fully saturated rings. The number of fused-ring (bicyclic) bond motifs is 1. The van der Waals surface area contributed by atoms with Crippen LogP contribution >= 0.6 is 11.6 Å². The summed E-state index contributed by atoms with van der Waals surface area (Å²) in [7, 11) is 0. The molecule has 1 amide bonds. The van der Waals surface area contributed by atoms with Crippen LogP contribution in [-0.4, -0.2) is 33.1 Å². The van der Waals surface area contributed by atoms with Gasteiger partial charge in [0.2, 0.25) is 0 Å². The van der Waals surface area contributed by atoms with E-state index in [1.807, 2.05) is 25.1 Å². The van der Waals surface area contributed by atoms with Gasteiger partial charge in [0.1, 0.15) is 23.7 Å². The van der Waals surface area contributed by atoms with Gasteiger partial charge in [0.15, 0.2) is 11.4 Å². The van der Waals surface area contributed by atoms with Crippen LogP contribution in [0.5, 0.6) is 5.75 Å². The molecule has 3 aromatic heterocycles. The van der Waals surface area contributed by atoms with Gasteiger partial charge in [-0.05, 0) is 67.9 Å². The van der Waals surface area contributed by atoms with E-state index < -0.39 is 11.9 Å². The summed E-state index contributed by atoms with van der Waals surface area (Å²) in [6, 6.07) is 17.7. The van der Waals surface area contributed by atoms with Crippen LogP contribution in [0, 0.1) is 6.92 Å². The van der Waals surface area contributed by atoms with Crippen LogP contribution in [0.1, 0.15) is 39.2 Å². The van der Waals surface area contributed by atoms with E-state index in [9.17, 15) is 9.59 Å². The number of benzene rings is 2. The highest BCUT2D eigenvalue weighted by Crippen LogP contribution is 2.25. The van der Waals surface area contributed by atoms with E-state index in [2.05, 4.69) is 15.4 Å². The monoisotopic (exact) mass is 530 g/mol. The first-order chi connectivity index (χ1) is 18.4. The smallest absolute Gasteiger partial charge is 0.343 e. The van der Waals surface area contributed by atoms with Crippen molar-refractivity contribution in [1.82, 2.24) is 14.6 Å². The van der Waals surface area contributed by atoms with Gasteiger partial charge in [0.05, 0.1) is 18.5 Å². The van der Waals surface area contributed by atoms with Crippen molar-refractivity contribution in [2.75, 3.05) is 11.9 Å². The summed E-state index contributed by atoms with van der Waals surface area (Å²) in [4.78, 5) is 29.4. The second-order valence-corrected chi connectivity index (χ2v) is 8.75. The third-order valence-electron chi connectivity index (χ3n) is 5.71. The molecule has 0 aliphatic carbocycles. The zero-order valence-electron chi connectivity index (χ0n) is 20.6. The molecule has 5 rings (SSSR count). The minimum Gasteiger partial charge on any atom is -0.486 e. The van der Waals surface area contributed by atoms with Crippen LogP contribution in [0.25, 0.3) is 16.9 Å². The van der Waals surface area contributed by atoms with Crippen LogP contribution < -0.4 is 10.1 Å². The zero-order chi connectivity index (χ0) is 26.6. The fourth-order valence-electron chi connectivity index (χ4n) is 3.85. The molecule has 2 aromatic carbocycles. The molecule has 9 nitrogen and oxygen atoms in total.